The molecule has 2 amide bonds. The minimum Gasteiger partial charge on any atom is -0.496 e. The van der Waals surface area contributed by atoms with Gasteiger partial charge in [-0.05, 0) is 35.7 Å². The number of hydrogen-bond acceptors (Lipinski definition) is 7. The average Bonchev–Trinajstić information content (AvgIpc) is 2.86. The summed E-state index contributed by atoms with van der Waals surface area (Å²) in [6.45, 7) is 1.89. The zero-order valence-electron chi connectivity index (χ0n) is 19.7. The molecule has 36 heavy (non-hydrogen) atoms. The van der Waals surface area contributed by atoms with Crippen LogP contribution in [0.3, 0.4) is 0 Å². The van der Waals surface area contributed by atoms with Crippen LogP contribution in [0, 0.1) is 11.3 Å². The van der Waals surface area contributed by atoms with E-state index in [0.29, 0.717) is 11.6 Å². The number of halogens is 3. The van der Waals surface area contributed by atoms with Gasteiger partial charge in [0.15, 0.2) is 0 Å². The molecule has 192 valence electrons. The van der Waals surface area contributed by atoms with Crippen molar-refractivity contribution < 1.29 is 27.5 Å². The van der Waals surface area contributed by atoms with E-state index in [9.17, 15) is 28.0 Å². The monoisotopic (exact) mass is 504 g/mol. The molecule has 0 radical (unpaired) electrons. The van der Waals surface area contributed by atoms with Crippen molar-refractivity contribution in [3.05, 3.63) is 76.6 Å². The molecule has 6 N–H and O–H groups in total. The minimum atomic E-state index is -4.62. The molecule has 1 unspecified atom stereocenters. The summed E-state index contributed by atoms with van der Waals surface area (Å²) in [6, 6.07) is 10.8. The fraction of sp³-hybridized carbons (Fsp3) is 0.292. The first-order valence-electron chi connectivity index (χ1n) is 10.8. The van der Waals surface area contributed by atoms with E-state index in [1.54, 1.807) is 12.1 Å². The summed E-state index contributed by atoms with van der Waals surface area (Å²) in [7, 11) is 1.23. The van der Waals surface area contributed by atoms with Crippen molar-refractivity contribution in [3.8, 4) is 11.8 Å². The zero-order valence-corrected chi connectivity index (χ0v) is 19.7. The molecule has 0 aliphatic carbocycles. The lowest BCUT2D eigenvalue weighted by Gasteiger charge is -2.17. The molecule has 12 heteroatoms. The van der Waals surface area contributed by atoms with Gasteiger partial charge in [0.25, 0.3) is 11.8 Å². The Hall–Kier alpha value is -4.24. The number of aryl methyl sites for hydroxylation is 1. The Bertz CT molecular complexity index is 1140. The summed E-state index contributed by atoms with van der Waals surface area (Å²) < 4.78 is 43.9. The normalized spacial score (nSPS) is 12.3. The molecule has 0 saturated heterocycles. The van der Waals surface area contributed by atoms with Gasteiger partial charge in [-0.3, -0.25) is 9.59 Å². The van der Waals surface area contributed by atoms with Crippen LogP contribution in [0.4, 0.5) is 13.2 Å². The molecule has 1 atom stereocenters. The molecule has 0 aliphatic heterocycles. The van der Waals surface area contributed by atoms with Gasteiger partial charge in [0, 0.05) is 12.7 Å². The van der Waals surface area contributed by atoms with Gasteiger partial charge in [0.05, 0.1) is 30.9 Å². The molecule has 0 saturated carbocycles. The third-order valence-electron chi connectivity index (χ3n) is 5.12. The highest BCUT2D eigenvalue weighted by atomic mass is 19.4. The fourth-order valence-electron chi connectivity index (χ4n) is 3.11. The highest BCUT2D eigenvalue weighted by Gasteiger charge is 2.32. The Morgan fingerprint density at radius 2 is 1.89 bits per heavy atom. The van der Waals surface area contributed by atoms with Crippen LogP contribution in [0.5, 0.6) is 5.75 Å². The number of nitrogens with two attached hydrogens (primary N) is 2. The first-order chi connectivity index (χ1) is 17.0. The molecule has 2 rings (SSSR count). The number of nitriles is 1. The lowest BCUT2D eigenvalue weighted by Crippen LogP contribution is -2.38. The van der Waals surface area contributed by atoms with Gasteiger partial charge in [-0.1, -0.05) is 31.2 Å². The van der Waals surface area contributed by atoms with Crippen molar-refractivity contribution in [1.82, 2.24) is 15.6 Å². The number of carbonyl (C=O) groups is 2. The molecule has 0 bridgehead atoms. The number of nitrogens with one attached hydrogen (secondary N) is 2. The number of nitrogens with zero attached hydrogens (tertiary/aromatic N) is 2. The summed E-state index contributed by atoms with van der Waals surface area (Å²) in [5.41, 5.74) is 5.87. The van der Waals surface area contributed by atoms with E-state index >= 15 is 0 Å². The molecule has 0 heterocycles. The molecule has 0 aliphatic rings. The molecule has 0 aromatic heterocycles. The van der Waals surface area contributed by atoms with Gasteiger partial charge >= 0.3 is 6.18 Å². The second-order valence-corrected chi connectivity index (χ2v) is 7.62. The van der Waals surface area contributed by atoms with Crippen molar-refractivity contribution in [2.75, 3.05) is 20.2 Å². The first-order valence-corrected chi connectivity index (χ1v) is 10.8. The quantitative estimate of drug-likeness (QED) is 0.221. The summed E-state index contributed by atoms with van der Waals surface area (Å²) in [5.74, 6) is 4.24. The van der Waals surface area contributed by atoms with Gasteiger partial charge in [-0.15, -0.1) is 0 Å². The zero-order chi connectivity index (χ0) is 26.9. The van der Waals surface area contributed by atoms with Crippen molar-refractivity contribution in [2.24, 2.45) is 11.6 Å². The number of ether oxygens (including phenoxy) is 1. The second kappa shape index (κ2) is 12.5. The summed E-state index contributed by atoms with van der Waals surface area (Å²) in [4.78, 5) is 24.8. The maximum atomic E-state index is 13.0. The van der Waals surface area contributed by atoms with Crippen molar-refractivity contribution in [1.29, 1.82) is 5.26 Å². The van der Waals surface area contributed by atoms with Gasteiger partial charge in [0.2, 0.25) is 0 Å². The molecule has 0 spiro atoms. The molecular formula is C24H27F3N6O3. The Kier molecular flexibility index (Phi) is 9.69. The summed E-state index contributed by atoms with van der Waals surface area (Å²) in [5, 5.41) is 15.4. The smallest absolute Gasteiger partial charge is 0.416 e. The van der Waals surface area contributed by atoms with Crippen molar-refractivity contribution in [3.63, 3.8) is 0 Å². The number of rotatable bonds is 10. The maximum Gasteiger partial charge on any atom is 0.416 e. The van der Waals surface area contributed by atoms with Crippen LogP contribution in [0.2, 0.25) is 0 Å². The number of amides is 2. The highest BCUT2D eigenvalue weighted by molar-refractivity contribution is 5.97. The SMILES string of the molecule is CCc1ccc(C(C#N)NC(=O)/C(N)=C/N(N)CCNC(=O)c2cc(C(F)(F)F)ccc2OC)cc1. The van der Waals surface area contributed by atoms with E-state index in [1.807, 2.05) is 25.1 Å². The molecule has 0 fully saturated rings. The number of benzene rings is 2. The van der Waals surface area contributed by atoms with Gasteiger partial charge < -0.3 is 26.1 Å². The molecule has 2 aromatic rings. The predicted molar refractivity (Wildman–Crippen MR) is 126 cm³/mol. The van der Waals surface area contributed by atoms with Crippen LogP contribution in [-0.4, -0.2) is 37.0 Å². The Labute approximate surface area is 206 Å². The lowest BCUT2D eigenvalue weighted by atomic mass is 10.0. The Morgan fingerprint density at radius 3 is 2.44 bits per heavy atom. The number of carbonyl (C=O) groups excluding carboxylic acids is 2. The molecule has 2 aromatic carbocycles. The van der Waals surface area contributed by atoms with Crippen LogP contribution in [-0.2, 0) is 17.4 Å². The molecule has 9 nitrogen and oxygen atoms in total. The van der Waals surface area contributed by atoms with Gasteiger partial charge in [-0.25, -0.2) is 5.84 Å². The van der Waals surface area contributed by atoms with Crippen molar-refractivity contribution in [2.45, 2.75) is 25.6 Å². The van der Waals surface area contributed by atoms with Crippen molar-refractivity contribution >= 4 is 11.8 Å². The third kappa shape index (κ3) is 7.64. The van der Waals surface area contributed by atoms with Crippen LogP contribution in [0.25, 0.3) is 0 Å². The largest absolute Gasteiger partial charge is 0.496 e. The number of alkyl halides is 3. The van der Waals surface area contributed by atoms with E-state index in [0.717, 1.165) is 35.3 Å². The van der Waals surface area contributed by atoms with Crippen LogP contribution >= 0.6 is 0 Å². The number of hydrazine groups is 1. The Morgan fingerprint density at radius 1 is 1.22 bits per heavy atom. The summed E-state index contributed by atoms with van der Waals surface area (Å²) in [6.07, 6.45) is -2.68. The third-order valence-corrected chi connectivity index (χ3v) is 5.12. The topological polar surface area (TPSA) is 146 Å². The summed E-state index contributed by atoms with van der Waals surface area (Å²) >= 11 is 0. The van der Waals surface area contributed by atoms with E-state index < -0.39 is 29.6 Å². The van der Waals surface area contributed by atoms with Crippen LogP contribution in [0.15, 0.2) is 54.4 Å². The highest BCUT2D eigenvalue weighted by Crippen LogP contribution is 2.32. The second-order valence-electron chi connectivity index (χ2n) is 7.62. The van der Waals surface area contributed by atoms with E-state index in [1.165, 1.54) is 7.11 Å². The first kappa shape index (κ1) is 28.0. The van der Waals surface area contributed by atoms with Crippen LogP contribution < -0.4 is 26.9 Å². The minimum absolute atomic E-state index is 0.0257. The Balaban J connectivity index is 1.95. The van der Waals surface area contributed by atoms with E-state index in [4.69, 9.17) is 16.3 Å². The van der Waals surface area contributed by atoms with E-state index in [2.05, 4.69) is 10.6 Å². The van der Waals surface area contributed by atoms with Crippen LogP contribution in [0.1, 0.15) is 40.0 Å². The average molecular weight is 505 g/mol. The number of methoxy groups -OCH3 is 1. The molecular weight excluding hydrogens is 477 g/mol. The number of hydrogen-bond donors (Lipinski definition) is 4. The predicted octanol–water partition coefficient (Wildman–Crippen LogP) is 2.36. The van der Waals surface area contributed by atoms with Gasteiger partial charge in [-0.2, -0.15) is 18.4 Å². The fourth-order valence-corrected chi connectivity index (χ4v) is 3.11. The lowest BCUT2D eigenvalue weighted by molar-refractivity contribution is -0.137. The van der Waals surface area contributed by atoms with Gasteiger partial charge in [0.1, 0.15) is 17.5 Å². The van der Waals surface area contributed by atoms with E-state index in [-0.39, 0.29) is 30.1 Å². The standard InChI is InChI=1S/C24H27F3N6O3/c1-3-15-4-6-16(7-5-15)20(13-28)32-23(35)19(29)14-33(30)11-10-31-22(34)18-12-17(24(25,26)27)8-9-21(18)36-2/h4-9,12,14,20H,3,10-11,29-30H2,1-2H3,(H,31,34)(H,32,35)/b19-14-. The maximum absolute atomic E-state index is 13.0.